The van der Waals surface area contributed by atoms with Crippen molar-refractivity contribution in [1.82, 2.24) is 14.7 Å². The summed E-state index contributed by atoms with van der Waals surface area (Å²) < 4.78 is 32.8. The summed E-state index contributed by atoms with van der Waals surface area (Å²) in [5, 5.41) is 0.620. The van der Waals surface area contributed by atoms with Crippen LogP contribution in [0.25, 0.3) is 10.6 Å². The molecule has 10 heteroatoms. The molecular weight excluding hydrogens is 406 g/mol. The Labute approximate surface area is 165 Å². The highest BCUT2D eigenvalue weighted by molar-refractivity contribution is 7.98. The Hall–Kier alpha value is -2.17. The molecule has 1 aliphatic carbocycles. The molecular formula is C17H17N3O4S3. The number of ether oxygens (including phenoxy) is 1. The smallest absolute Gasteiger partial charge is 0.312 e. The average molecular weight is 424 g/mol. The summed E-state index contributed by atoms with van der Waals surface area (Å²) in [6, 6.07) is 4.99. The first-order valence-corrected chi connectivity index (χ1v) is 11.4. The van der Waals surface area contributed by atoms with Gasteiger partial charge in [-0.15, -0.1) is 11.3 Å². The third-order valence-corrected chi connectivity index (χ3v) is 7.28. The number of carbonyl (C=O) groups is 1. The van der Waals surface area contributed by atoms with Gasteiger partial charge in [0, 0.05) is 11.9 Å². The largest absolute Gasteiger partial charge is 0.469 e. The fourth-order valence-electron chi connectivity index (χ4n) is 2.45. The molecule has 1 N–H and O–H groups in total. The summed E-state index contributed by atoms with van der Waals surface area (Å²) in [4.78, 5) is 20.9. The number of esters is 1. The van der Waals surface area contributed by atoms with Gasteiger partial charge in [0.2, 0.25) is 0 Å². The van der Waals surface area contributed by atoms with Gasteiger partial charge in [-0.1, -0.05) is 17.8 Å². The minimum atomic E-state index is -3.77. The van der Waals surface area contributed by atoms with Crippen LogP contribution in [-0.4, -0.2) is 37.7 Å². The maximum Gasteiger partial charge on any atom is 0.312 e. The van der Waals surface area contributed by atoms with Crippen LogP contribution >= 0.6 is 23.1 Å². The standard InChI is InChI=1S/C17H17N3O4S3/c1-24-16(21)11-4-3-5-12(10-11)20-27(22,23)15-7-6-14(26-15)13-8-9-18-17(19-13)25-2/h3,5-11,20H,4H2,1-2H3. The fraction of sp³-hybridized carbons (Fsp3) is 0.235. The Bertz CT molecular complexity index is 1010. The van der Waals surface area contributed by atoms with E-state index in [0.29, 0.717) is 23.0 Å². The molecule has 27 heavy (non-hydrogen) atoms. The summed E-state index contributed by atoms with van der Waals surface area (Å²) in [6.07, 6.45) is 8.94. The molecule has 2 heterocycles. The number of thioether (sulfide) groups is 1. The van der Waals surface area contributed by atoms with Crippen molar-refractivity contribution < 1.29 is 17.9 Å². The van der Waals surface area contributed by atoms with Crippen LogP contribution in [0.15, 0.2) is 57.7 Å². The molecule has 0 saturated carbocycles. The molecule has 0 spiro atoms. The monoisotopic (exact) mass is 423 g/mol. The predicted octanol–water partition coefficient (Wildman–Crippen LogP) is 2.84. The third kappa shape index (κ3) is 4.57. The number of methoxy groups -OCH3 is 1. The lowest BCUT2D eigenvalue weighted by Crippen LogP contribution is -2.25. The number of nitrogens with zero attached hydrogens (tertiary/aromatic N) is 2. The second-order valence-electron chi connectivity index (χ2n) is 5.54. The lowest BCUT2D eigenvalue weighted by Gasteiger charge is -2.15. The van der Waals surface area contributed by atoms with E-state index in [4.69, 9.17) is 4.74 Å². The fourth-order valence-corrected chi connectivity index (χ4v) is 5.14. The van der Waals surface area contributed by atoms with Gasteiger partial charge in [0.05, 0.1) is 23.6 Å². The Morgan fingerprint density at radius 2 is 2.19 bits per heavy atom. The number of sulfonamides is 1. The SMILES string of the molecule is COC(=O)C1C=C(NS(=O)(=O)c2ccc(-c3ccnc(SC)n3)s2)C=CC1. The van der Waals surface area contributed by atoms with Crippen LogP contribution in [0.2, 0.25) is 0 Å². The van der Waals surface area contributed by atoms with Gasteiger partial charge in [-0.3, -0.25) is 9.52 Å². The van der Waals surface area contributed by atoms with Crippen molar-refractivity contribution in [3.63, 3.8) is 0 Å². The van der Waals surface area contributed by atoms with Gasteiger partial charge in [0.15, 0.2) is 5.16 Å². The van der Waals surface area contributed by atoms with Gasteiger partial charge in [-0.05, 0) is 43.0 Å². The van der Waals surface area contributed by atoms with E-state index < -0.39 is 21.9 Å². The molecule has 2 aromatic heterocycles. The predicted molar refractivity (Wildman–Crippen MR) is 105 cm³/mol. The molecule has 1 unspecified atom stereocenters. The quantitative estimate of drug-likeness (QED) is 0.433. The maximum absolute atomic E-state index is 12.7. The van der Waals surface area contributed by atoms with Crippen LogP contribution in [0.5, 0.6) is 0 Å². The number of carbonyl (C=O) groups excluding carboxylic acids is 1. The lowest BCUT2D eigenvalue weighted by atomic mass is 10.00. The molecule has 0 amide bonds. The second kappa shape index (κ2) is 8.24. The molecule has 0 aromatic carbocycles. The van der Waals surface area contributed by atoms with E-state index in [1.807, 2.05) is 6.26 Å². The molecule has 0 radical (unpaired) electrons. The molecule has 1 atom stereocenters. The molecule has 3 rings (SSSR count). The van der Waals surface area contributed by atoms with Crippen LogP contribution in [0.3, 0.4) is 0 Å². The van der Waals surface area contributed by atoms with Crippen molar-refractivity contribution in [2.75, 3.05) is 13.4 Å². The maximum atomic E-state index is 12.7. The van der Waals surface area contributed by atoms with Gasteiger partial charge >= 0.3 is 5.97 Å². The minimum absolute atomic E-state index is 0.163. The van der Waals surface area contributed by atoms with Crippen LogP contribution in [0.4, 0.5) is 0 Å². The number of nitrogens with one attached hydrogen (secondary N) is 1. The van der Waals surface area contributed by atoms with E-state index in [9.17, 15) is 13.2 Å². The molecule has 7 nitrogen and oxygen atoms in total. The van der Waals surface area contributed by atoms with Crippen LogP contribution in [0.1, 0.15) is 6.42 Å². The highest BCUT2D eigenvalue weighted by Gasteiger charge is 2.23. The molecule has 142 valence electrons. The van der Waals surface area contributed by atoms with Gasteiger partial charge in [-0.2, -0.15) is 0 Å². The summed E-state index contributed by atoms with van der Waals surface area (Å²) in [7, 11) is -2.46. The van der Waals surface area contributed by atoms with E-state index in [1.165, 1.54) is 24.9 Å². The van der Waals surface area contributed by atoms with Crippen molar-refractivity contribution in [1.29, 1.82) is 0 Å². The van der Waals surface area contributed by atoms with Gasteiger partial charge < -0.3 is 4.74 Å². The third-order valence-electron chi connectivity index (χ3n) is 3.74. The summed E-state index contributed by atoms with van der Waals surface area (Å²) in [6.45, 7) is 0. The first-order valence-electron chi connectivity index (χ1n) is 7.89. The van der Waals surface area contributed by atoms with Gasteiger partial charge in [0.25, 0.3) is 10.0 Å². The van der Waals surface area contributed by atoms with Gasteiger partial charge in [0.1, 0.15) is 4.21 Å². The zero-order chi connectivity index (χ0) is 19.4. The van der Waals surface area contributed by atoms with Crippen molar-refractivity contribution in [3.05, 3.63) is 48.3 Å². The molecule has 0 aliphatic heterocycles. The Kier molecular flexibility index (Phi) is 5.98. The molecule has 0 bridgehead atoms. The minimum Gasteiger partial charge on any atom is -0.469 e. The molecule has 0 saturated heterocycles. The topological polar surface area (TPSA) is 98.2 Å². The van der Waals surface area contributed by atoms with E-state index in [2.05, 4.69) is 14.7 Å². The lowest BCUT2D eigenvalue weighted by molar-refractivity contribution is -0.143. The Balaban J connectivity index is 1.82. The number of allylic oxidation sites excluding steroid dienone is 2. The zero-order valence-electron chi connectivity index (χ0n) is 14.6. The van der Waals surface area contributed by atoms with Crippen LogP contribution < -0.4 is 4.72 Å². The molecule has 2 aromatic rings. The molecule has 1 aliphatic rings. The van der Waals surface area contributed by atoms with Crippen molar-refractivity contribution in [2.24, 2.45) is 5.92 Å². The first kappa shape index (κ1) is 19.6. The average Bonchev–Trinajstić information content (AvgIpc) is 3.18. The summed E-state index contributed by atoms with van der Waals surface area (Å²) in [5.41, 5.74) is 1.02. The van der Waals surface area contributed by atoms with Crippen LogP contribution in [-0.2, 0) is 19.6 Å². The highest BCUT2D eigenvalue weighted by atomic mass is 32.2. The second-order valence-corrected chi connectivity index (χ2v) is 9.31. The van der Waals surface area contributed by atoms with Crippen molar-refractivity contribution in [3.8, 4) is 10.6 Å². The Morgan fingerprint density at radius 3 is 2.93 bits per heavy atom. The normalized spacial score (nSPS) is 16.7. The highest BCUT2D eigenvalue weighted by Crippen LogP contribution is 2.30. The number of aromatic nitrogens is 2. The number of thiophene rings is 1. The molecule has 0 fully saturated rings. The number of hydrogen-bond acceptors (Lipinski definition) is 8. The van der Waals surface area contributed by atoms with E-state index in [1.54, 1.807) is 36.6 Å². The number of hydrogen-bond donors (Lipinski definition) is 1. The van der Waals surface area contributed by atoms with E-state index in [0.717, 1.165) is 16.2 Å². The zero-order valence-corrected chi connectivity index (χ0v) is 17.0. The van der Waals surface area contributed by atoms with E-state index >= 15 is 0 Å². The summed E-state index contributed by atoms with van der Waals surface area (Å²) in [5.74, 6) is -0.898. The number of rotatable bonds is 6. The van der Waals surface area contributed by atoms with Crippen molar-refractivity contribution >= 4 is 39.1 Å². The first-order chi connectivity index (χ1) is 12.9. The van der Waals surface area contributed by atoms with E-state index in [-0.39, 0.29) is 4.21 Å². The van der Waals surface area contributed by atoms with Crippen molar-refractivity contribution in [2.45, 2.75) is 15.8 Å². The van der Waals surface area contributed by atoms with Crippen LogP contribution in [0, 0.1) is 5.92 Å². The summed E-state index contributed by atoms with van der Waals surface area (Å²) >= 11 is 2.54. The van der Waals surface area contributed by atoms with Gasteiger partial charge in [-0.25, -0.2) is 18.4 Å². The Morgan fingerprint density at radius 1 is 1.37 bits per heavy atom.